The lowest BCUT2D eigenvalue weighted by Crippen LogP contribution is -2.11. The van der Waals surface area contributed by atoms with Crippen LogP contribution in [0.25, 0.3) is 22.6 Å². The Morgan fingerprint density at radius 1 is 1.07 bits per heavy atom. The quantitative estimate of drug-likeness (QED) is 0.623. The summed E-state index contributed by atoms with van der Waals surface area (Å²) >= 11 is 0. The Kier molecular flexibility index (Phi) is 5.57. The zero-order chi connectivity index (χ0) is 20.3. The van der Waals surface area contributed by atoms with E-state index in [4.69, 9.17) is 14.7 Å². The highest BCUT2D eigenvalue weighted by molar-refractivity contribution is 7.89. The molecule has 0 aliphatic carbocycles. The molecule has 0 aliphatic heterocycles. The molecule has 0 fully saturated rings. The van der Waals surface area contributed by atoms with E-state index in [1.807, 2.05) is 0 Å². The Labute approximate surface area is 160 Å². The molecular formula is C19H17FN2O5S. The number of hydrogen-bond donors (Lipinski definition) is 2. The molecule has 1 aromatic heterocycles. The number of carbonyl (C=O) groups is 1. The van der Waals surface area contributed by atoms with Gasteiger partial charge in [-0.25, -0.2) is 22.9 Å². The van der Waals surface area contributed by atoms with Crippen molar-refractivity contribution < 1.29 is 27.1 Å². The molecule has 3 rings (SSSR count). The molecule has 0 saturated heterocycles. The summed E-state index contributed by atoms with van der Waals surface area (Å²) in [5.74, 6) is -0.596. The average Bonchev–Trinajstić information content (AvgIpc) is 3.05. The largest absolute Gasteiger partial charge is 0.481 e. The van der Waals surface area contributed by atoms with E-state index >= 15 is 0 Å². The molecule has 9 heteroatoms. The average molecular weight is 404 g/mol. The van der Waals surface area contributed by atoms with Crippen LogP contribution in [0.3, 0.4) is 0 Å². The molecule has 0 saturated carbocycles. The molecule has 1 heterocycles. The number of nitrogens with zero attached hydrogens (tertiary/aromatic N) is 1. The Morgan fingerprint density at radius 3 is 2.25 bits per heavy atom. The standard InChI is InChI=1S/C19H17FN2O5S/c20-14-8-4-12(5-9-14)18-19(27-16(22-18)2-1-3-17(23)24)13-6-10-15(11-7-13)28(21,25)26/h4-11H,1-3H2,(H,23,24)(H2,21,25,26). The molecule has 0 amide bonds. The number of sulfonamides is 1. The third kappa shape index (κ3) is 4.62. The smallest absolute Gasteiger partial charge is 0.303 e. The first-order valence-electron chi connectivity index (χ1n) is 8.35. The first kappa shape index (κ1) is 19.7. The molecule has 2 aromatic carbocycles. The number of oxazole rings is 1. The second kappa shape index (κ2) is 7.91. The van der Waals surface area contributed by atoms with Gasteiger partial charge in [0, 0.05) is 24.0 Å². The summed E-state index contributed by atoms with van der Waals surface area (Å²) in [5, 5.41) is 13.9. The minimum atomic E-state index is -3.83. The fraction of sp³-hybridized carbons (Fsp3) is 0.158. The molecule has 0 atom stereocenters. The predicted octanol–water partition coefficient (Wildman–Crippen LogP) is 3.20. The maximum absolute atomic E-state index is 13.3. The first-order chi connectivity index (χ1) is 13.2. The molecule has 0 unspecified atom stereocenters. The summed E-state index contributed by atoms with van der Waals surface area (Å²) in [5.41, 5.74) is 1.62. The molecule has 0 aliphatic rings. The second-order valence-electron chi connectivity index (χ2n) is 6.11. The highest BCUT2D eigenvalue weighted by Crippen LogP contribution is 2.33. The minimum Gasteiger partial charge on any atom is -0.481 e. The maximum Gasteiger partial charge on any atom is 0.303 e. The van der Waals surface area contributed by atoms with Gasteiger partial charge in [-0.05, 0) is 55.0 Å². The van der Waals surface area contributed by atoms with Gasteiger partial charge in [0.2, 0.25) is 10.0 Å². The van der Waals surface area contributed by atoms with Crippen LogP contribution in [-0.2, 0) is 21.2 Å². The van der Waals surface area contributed by atoms with Gasteiger partial charge in [-0.1, -0.05) is 0 Å². The number of primary sulfonamides is 1. The van der Waals surface area contributed by atoms with Crippen LogP contribution in [0.4, 0.5) is 4.39 Å². The number of aryl methyl sites for hydroxylation is 1. The predicted molar refractivity (Wildman–Crippen MR) is 99.3 cm³/mol. The fourth-order valence-corrected chi connectivity index (χ4v) is 3.17. The number of hydrogen-bond acceptors (Lipinski definition) is 5. The molecule has 7 nitrogen and oxygen atoms in total. The van der Waals surface area contributed by atoms with E-state index in [2.05, 4.69) is 4.98 Å². The van der Waals surface area contributed by atoms with Gasteiger partial charge in [0.25, 0.3) is 0 Å². The van der Waals surface area contributed by atoms with Crippen molar-refractivity contribution in [2.75, 3.05) is 0 Å². The van der Waals surface area contributed by atoms with Crippen LogP contribution in [0.5, 0.6) is 0 Å². The molecule has 0 spiro atoms. The molecular weight excluding hydrogens is 387 g/mol. The van der Waals surface area contributed by atoms with Crippen LogP contribution in [0.2, 0.25) is 0 Å². The van der Waals surface area contributed by atoms with Crippen molar-refractivity contribution in [3.63, 3.8) is 0 Å². The van der Waals surface area contributed by atoms with Gasteiger partial charge in [-0.3, -0.25) is 4.79 Å². The SMILES string of the molecule is NS(=O)(=O)c1ccc(-c2oc(CCCC(=O)O)nc2-c2ccc(F)cc2)cc1. The van der Waals surface area contributed by atoms with Crippen molar-refractivity contribution >= 4 is 16.0 Å². The van der Waals surface area contributed by atoms with Gasteiger partial charge < -0.3 is 9.52 Å². The minimum absolute atomic E-state index is 0.0212. The number of rotatable bonds is 7. The molecule has 0 bridgehead atoms. The van der Waals surface area contributed by atoms with Gasteiger partial charge >= 0.3 is 5.97 Å². The van der Waals surface area contributed by atoms with Crippen molar-refractivity contribution in [1.29, 1.82) is 0 Å². The maximum atomic E-state index is 13.3. The Balaban J connectivity index is 2.01. The van der Waals surface area contributed by atoms with E-state index in [0.29, 0.717) is 41.3 Å². The van der Waals surface area contributed by atoms with Crippen LogP contribution in [0.15, 0.2) is 57.8 Å². The zero-order valence-electron chi connectivity index (χ0n) is 14.6. The van der Waals surface area contributed by atoms with Crippen molar-refractivity contribution in [2.45, 2.75) is 24.2 Å². The third-order valence-electron chi connectivity index (χ3n) is 4.02. The Hall–Kier alpha value is -3.04. The summed E-state index contributed by atoms with van der Waals surface area (Å²) in [7, 11) is -3.83. The van der Waals surface area contributed by atoms with Crippen molar-refractivity contribution in [2.24, 2.45) is 5.14 Å². The van der Waals surface area contributed by atoms with Gasteiger partial charge in [-0.15, -0.1) is 0 Å². The number of aliphatic carboxylic acids is 1. The first-order valence-corrected chi connectivity index (χ1v) is 9.89. The van der Waals surface area contributed by atoms with Crippen LogP contribution in [-0.4, -0.2) is 24.5 Å². The topological polar surface area (TPSA) is 123 Å². The van der Waals surface area contributed by atoms with Crippen LogP contribution >= 0.6 is 0 Å². The summed E-state index contributed by atoms with van der Waals surface area (Å²) < 4.78 is 41.9. The lowest BCUT2D eigenvalue weighted by Gasteiger charge is -2.03. The summed E-state index contributed by atoms with van der Waals surface area (Å²) in [6, 6.07) is 11.5. The third-order valence-corrected chi connectivity index (χ3v) is 4.94. The van der Waals surface area contributed by atoms with E-state index in [-0.39, 0.29) is 11.3 Å². The molecule has 0 radical (unpaired) electrons. The van der Waals surface area contributed by atoms with Gasteiger partial charge in [0.05, 0.1) is 4.90 Å². The molecule has 3 aromatic rings. The summed E-state index contributed by atoms with van der Waals surface area (Å²) in [6.45, 7) is 0. The lowest BCUT2D eigenvalue weighted by molar-refractivity contribution is -0.137. The summed E-state index contributed by atoms with van der Waals surface area (Å²) in [4.78, 5) is 15.1. The summed E-state index contributed by atoms with van der Waals surface area (Å²) in [6.07, 6.45) is 0.644. The molecule has 28 heavy (non-hydrogen) atoms. The van der Waals surface area contributed by atoms with Crippen LogP contribution in [0, 0.1) is 5.82 Å². The van der Waals surface area contributed by atoms with Gasteiger partial charge in [-0.2, -0.15) is 0 Å². The number of aromatic nitrogens is 1. The Bertz CT molecular complexity index is 1090. The Morgan fingerprint density at radius 2 is 1.68 bits per heavy atom. The number of carboxylic acids is 1. The van der Waals surface area contributed by atoms with E-state index < -0.39 is 21.8 Å². The van der Waals surface area contributed by atoms with Gasteiger partial charge in [0.1, 0.15) is 11.5 Å². The number of halogens is 1. The van der Waals surface area contributed by atoms with Crippen LogP contribution in [0.1, 0.15) is 18.7 Å². The van der Waals surface area contributed by atoms with E-state index in [9.17, 15) is 17.6 Å². The monoisotopic (exact) mass is 404 g/mol. The highest BCUT2D eigenvalue weighted by atomic mass is 32.2. The normalized spacial score (nSPS) is 11.5. The number of carboxylic acid groups (broad SMARTS) is 1. The van der Waals surface area contributed by atoms with E-state index in [1.165, 1.54) is 36.4 Å². The number of benzene rings is 2. The van der Waals surface area contributed by atoms with Crippen molar-refractivity contribution in [3.05, 3.63) is 60.2 Å². The van der Waals surface area contributed by atoms with Crippen molar-refractivity contribution in [3.8, 4) is 22.6 Å². The van der Waals surface area contributed by atoms with E-state index in [1.54, 1.807) is 12.1 Å². The fourth-order valence-electron chi connectivity index (χ4n) is 2.66. The lowest BCUT2D eigenvalue weighted by atomic mass is 10.1. The van der Waals surface area contributed by atoms with Gasteiger partial charge in [0.15, 0.2) is 11.7 Å². The van der Waals surface area contributed by atoms with Crippen molar-refractivity contribution in [1.82, 2.24) is 4.98 Å². The second-order valence-corrected chi connectivity index (χ2v) is 7.67. The van der Waals surface area contributed by atoms with E-state index in [0.717, 1.165) is 0 Å². The molecule has 3 N–H and O–H groups in total. The highest BCUT2D eigenvalue weighted by Gasteiger charge is 2.18. The van der Waals surface area contributed by atoms with Crippen LogP contribution < -0.4 is 5.14 Å². The number of nitrogens with two attached hydrogens (primary N) is 1. The molecule has 146 valence electrons. The zero-order valence-corrected chi connectivity index (χ0v) is 15.4.